The van der Waals surface area contributed by atoms with Gasteiger partial charge >= 0.3 is 11.9 Å². The number of rotatable bonds is 7. The maximum absolute atomic E-state index is 12.3. The second kappa shape index (κ2) is 10.2. The van der Waals surface area contributed by atoms with Gasteiger partial charge in [0.25, 0.3) is 5.91 Å². The predicted molar refractivity (Wildman–Crippen MR) is 119 cm³/mol. The summed E-state index contributed by atoms with van der Waals surface area (Å²) >= 11 is 0. The van der Waals surface area contributed by atoms with Gasteiger partial charge < -0.3 is 14.8 Å². The molecule has 0 spiro atoms. The lowest BCUT2D eigenvalue weighted by Crippen LogP contribution is -2.22. The summed E-state index contributed by atoms with van der Waals surface area (Å²) in [5.41, 5.74) is 2.77. The van der Waals surface area contributed by atoms with E-state index in [0.717, 1.165) is 11.1 Å². The van der Waals surface area contributed by atoms with E-state index in [4.69, 9.17) is 9.47 Å². The molecule has 0 aromatic heterocycles. The smallest absolute Gasteiger partial charge is 0.338 e. The highest BCUT2D eigenvalue weighted by Crippen LogP contribution is 2.23. The molecule has 0 atom stereocenters. The monoisotopic (exact) mass is 431 g/mol. The van der Waals surface area contributed by atoms with E-state index >= 15 is 0 Å². The second-order valence-corrected chi connectivity index (χ2v) is 6.92. The Labute approximate surface area is 185 Å². The summed E-state index contributed by atoms with van der Waals surface area (Å²) in [7, 11) is 0. The predicted octanol–water partition coefficient (Wildman–Crippen LogP) is 4.28. The molecule has 0 fully saturated rings. The molecule has 3 aromatic carbocycles. The maximum Gasteiger partial charge on any atom is 0.338 e. The molecule has 0 aliphatic carbocycles. The molecular weight excluding hydrogens is 410 g/mol. The molecule has 0 saturated carbocycles. The Hall–Kier alpha value is -4.26. The van der Waals surface area contributed by atoms with Crippen molar-refractivity contribution in [2.24, 2.45) is 0 Å². The molecule has 32 heavy (non-hydrogen) atoms. The number of nitrogens with one attached hydrogen (secondary N) is 1. The third-order valence-corrected chi connectivity index (χ3v) is 4.48. The van der Waals surface area contributed by atoms with Gasteiger partial charge in [-0.3, -0.25) is 14.4 Å². The van der Waals surface area contributed by atoms with Gasteiger partial charge in [-0.05, 0) is 54.4 Å². The normalized spacial score (nSPS) is 10.2. The Bertz CT molecular complexity index is 1150. The van der Waals surface area contributed by atoms with Crippen LogP contribution in [-0.4, -0.2) is 30.2 Å². The highest BCUT2D eigenvalue weighted by Gasteiger charge is 2.13. The van der Waals surface area contributed by atoms with E-state index in [0.29, 0.717) is 22.6 Å². The van der Waals surface area contributed by atoms with Gasteiger partial charge in [0.1, 0.15) is 5.75 Å². The number of Topliss-reactive ketones (excluding diaryl/α,β-unsaturated/α-hetero) is 1. The van der Waals surface area contributed by atoms with Gasteiger partial charge in [-0.2, -0.15) is 0 Å². The Kier molecular flexibility index (Phi) is 7.13. The SMILES string of the molecule is CC(=O)Oc1ccc(-c2ccc(C(=O)OCC(=O)Nc3ccccc3C(C)=O)cc2)cc1. The van der Waals surface area contributed by atoms with Crippen molar-refractivity contribution in [2.45, 2.75) is 13.8 Å². The van der Waals surface area contributed by atoms with Crippen LogP contribution in [0.1, 0.15) is 34.6 Å². The molecule has 1 N–H and O–H groups in total. The van der Waals surface area contributed by atoms with Crippen molar-refractivity contribution in [3.8, 4) is 16.9 Å². The van der Waals surface area contributed by atoms with Crippen LogP contribution >= 0.6 is 0 Å². The van der Waals surface area contributed by atoms with E-state index in [9.17, 15) is 19.2 Å². The van der Waals surface area contributed by atoms with Crippen LogP contribution in [0, 0.1) is 0 Å². The van der Waals surface area contributed by atoms with Crippen LogP contribution in [0.3, 0.4) is 0 Å². The average molecular weight is 431 g/mol. The lowest BCUT2D eigenvalue weighted by Gasteiger charge is -2.10. The van der Waals surface area contributed by atoms with Crippen LogP contribution < -0.4 is 10.1 Å². The molecule has 162 valence electrons. The number of para-hydroxylation sites is 1. The average Bonchev–Trinajstić information content (AvgIpc) is 2.78. The van der Waals surface area contributed by atoms with Gasteiger partial charge in [0.2, 0.25) is 0 Å². The van der Waals surface area contributed by atoms with Gasteiger partial charge in [-0.15, -0.1) is 0 Å². The molecule has 0 bridgehead atoms. The number of hydrogen-bond donors (Lipinski definition) is 1. The number of amides is 1. The van der Waals surface area contributed by atoms with Crippen LogP contribution in [0.25, 0.3) is 11.1 Å². The summed E-state index contributed by atoms with van der Waals surface area (Å²) in [6, 6.07) is 20.3. The Balaban J connectivity index is 1.57. The van der Waals surface area contributed by atoms with E-state index in [1.54, 1.807) is 72.8 Å². The van der Waals surface area contributed by atoms with E-state index in [1.165, 1.54) is 13.8 Å². The molecule has 0 unspecified atom stereocenters. The van der Waals surface area contributed by atoms with Crippen molar-refractivity contribution in [1.29, 1.82) is 0 Å². The molecule has 3 rings (SSSR count). The van der Waals surface area contributed by atoms with Gasteiger partial charge in [-0.25, -0.2) is 4.79 Å². The van der Waals surface area contributed by atoms with Crippen LogP contribution in [-0.2, 0) is 14.3 Å². The quantitative estimate of drug-likeness (QED) is 0.341. The summed E-state index contributed by atoms with van der Waals surface area (Å²) in [6.45, 7) is 2.26. The molecule has 0 aliphatic rings. The minimum atomic E-state index is -0.642. The minimum absolute atomic E-state index is 0.181. The zero-order valence-electron chi connectivity index (χ0n) is 17.6. The number of benzene rings is 3. The highest BCUT2D eigenvalue weighted by atomic mass is 16.5. The van der Waals surface area contributed by atoms with Crippen molar-refractivity contribution in [2.75, 3.05) is 11.9 Å². The van der Waals surface area contributed by atoms with Crippen LogP contribution in [0.15, 0.2) is 72.8 Å². The van der Waals surface area contributed by atoms with E-state index in [1.807, 2.05) is 0 Å². The fourth-order valence-corrected chi connectivity index (χ4v) is 2.98. The van der Waals surface area contributed by atoms with Gasteiger partial charge in [0.15, 0.2) is 12.4 Å². The van der Waals surface area contributed by atoms with Gasteiger partial charge in [-0.1, -0.05) is 36.4 Å². The van der Waals surface area contributed by atoms with E-state index < -0.39 is 24.5 Å². The van der Waals surface area contributed by atoms with Gasteiger partial charge in [0, 0.05) is 12.5 Å². The topological polar surface area (TPSA) is 98.8 Å². The number of esters is 2. The first-order chi connectivity index (χ1) is 15.3. The summed E-state index contributed by atoms with van der Waals surface area (Å²) in [5.74, 6) is -1.31. The van der Waals surface area contributed by atoms with Crippen LogP contribution in [0.4, 0.5) is 5.69 Å². The van der Waals surface area contributed by atoms with Gasteiger partial charge in [0.05, 0.1) is 11.3 Å². The minimum Gasteiger partial charge on any atom is -0.452 e. The lowest BCUT2D eigenvalue weighted by atomic mass is 10.0. The number of carbonyl (C=O) groups excluding carboxylic acids is 4. The summed E-state index contributed by atoms with van der Waals surface area (Å²) in [5, 5.41) is 2.58. The zero-order chi connectivity index (χ0) is 23.1. The van der Waals surface area contributed by atoms with Crippen LogP contribution in [0.5, 0.6) is 5.75 Å². The van der Waals surface area contributed by atoms with E-state index in [-0.39, 0.29) is 5.78 Å². The standard InChI is InChI=1S/C25H21NO6/c1-16(27)22-5-3-4-6-23(22)26-24(29)15-31-25(30)20-9-7-18(8-10-20)19-11-13-21(14-12-19)32-17(2)28/h3-14H,15H2,1-2H3,(H,26,29). The molecule has 0 heterocycles. The van der Waals surface area contributed by atoms with Crippen molar-refractivity contribution < 1.29 is 28.7 Å². The summed E-state index contributed by atoms with van der Waals surface area (Å²) in [6.07, 6.45) is 0. The third kappa shape index (κ3) is 5.89. The first kappa shape index (κ1) is 22.4. The second-order valence-electron chi connectivity index (χ2n) is 6.92. The third-order valence-electron chi connectivity index (χ3n) is 4.48. The molecule has 0 radical (unpaired) electrons. The van der Waals surface area contributed by atoms with Crippen molar-refractivity contribution in [3.63, 3.8) is 0 Å². The fourth-order valence-electron chi connectivity index (χ4n) is 2.98. The highest BCUT2D eigenvalue weighted by molar-refractivity contribution is 6.04. The Morgan fingerprint density at radius 2 is 1.38 bits per heavy atom. The largest absolute Gasteiger partial charge is 0.452 e. The summed E-state index contributed by atoms with van der Waals surface area (Å²) in [4.78, 5) is 47.0. The molecule has 1 amide bonds. The molecular formula is C25H21NO6. The number of ether oxygens (including phenoxy) is 2. The first-order valence-electron chi connectivity index (χ1n) is 9.79. The Morgan fingerprint density at radius 1 is 0.781 bits per heavy atom. The number of anilines is 1. The van der Waals surface area contributed by atoms with Crippen LogP contribution in [0.2, 0.25) is 0 Å². The molecule has 0 saturated heterocycles. The molecule has 0 aliphatic heterocycles. The van der Waals surface area contributed by atoms with Crippen molar-refractivity contribution in [1.82, 2.24) is 0 Å². The number of ketones is 1. The number of carbonyl (C=O) groups is 4. The number of hydrogen-bond acceptors (Lipinski definition) is 6. The van der Waals surface area contributed by atoms with Crippen molar-refractivity contribution in [3.05, 3.63) is 83.9 Å². The first-order valence-corrected chi connectivity index (χ1v) is 9.79. The van der Waals surface area contributed by atoms with E-state index in [2.05, 4.69) is 5.32 Å². The molecule has 7 nitrogen and oxygen atoms in total. The molecule has 7 heteroatoms. The molecule has 3 aromatic rings. The van der Waals surface area contributed by atoms with Crippen molar-refractivity contribution >= 4 is 29.3 Å². The lowest BCUT2D eigenvalue weighted by molar-refractivity contribution is -0.131. The Morgan fingerprint density at radius 3 is 1.97 bits per heavy atom. The summed E-state index contributed by atoms with van der Waals surface area (Å²) < 4.78 is 10.1. The maximum atomic E-state index is 12.3. The fraction of sp³-hybridized carbons (Fsp3) is 0.120. The zero-order valence-corrected chi connectivity index (χ0v) is 17.6.